The lowest BCUT2D eigenvalue weighted by Crippen LogP contribution is -1.75. The van der Waals surface area contributed by atoms with Crippen molar-refractivity contribution in [1.82, 2.24) is 10.2 Å². The summed E-state index contributed by atoms with van der Waals surface area (Å²) in [4.78, 5) is 0. The monoisotopic (exact) mass is 256 g/mol. The molecule has 0 saturated heterocycles. The van der Waals surface area contributed by atoms with E-state index in [9.17, 15) is 5.11 Å². The van der Waals surface area contributed by atoms with Gasteiger partial charge in [-0.05, 0) is 28.1 Å². The van der Waals surface area contributed by atoms with E-state index in [1.807, 2.05) is 6.07 Å². The second-order valence-electron chi connectivity index (χ2n) is 2.41. The number of hydrogen-bond donors (Lipinski definition) is 1. The van der Waals surface area contributed by atoms with E-state index >= 15 is 0 Å². The molecule has 1 aromatic heterocycles. The zero-order valence-corrected chi connectivity index (χ0v) is 8.84. The van der Waals surface area contributed by atoms with Gasteiger partial charge in [-0.2, -0.15) is 0 Å². The van der Waals surface area contributed by atoms with Crippen molar-refractivity contribution >= 4 is 27.3 Å². The molecule has 0 spiro atoms. The van der Waals surface area contributed by atoms with Gasteiger partial charge >= 0.3 is 0 Å². The standard InChI is InChI=1S/C8H5BrN2OS/c9-8-11-10-7(13-8)5-2-1-3-6(12)4-5/h1-4,12H. The van der Waals surface area contributed by atoms with Crippen molar-refractivity contribution < 1.29 is 5.11 Å². The Morgan fingerprint density at radius 3 is 2.77 bits per heavy atom. The maximum absolute atomic E-state index is 9.23. The van der Waals surface area contributed by atoms with E-state index in [0.29, 0.717) is 0 Å². The molecule has 0 atom stereocenters. The molecular formula is C8H5BrN2OS. The molecule has 0 amide bonds. The Balaban J connectivity index is 2.46. The molecule has 0 aliphatic heterocycles. The Bertz CT molecular complexity index is 430. The minimum Gasteiger partial charge on any atom is -0.508 e. The number of benzene rings is 1. The fourth-order valence-electron chi connectivity index (χ4n) is 0.961. The summed E-state index contributed by atoms with van der Waals surface area (Å²) in [6.45, 7) is 0. The Kier molecular flexibility index (Phi) is 2.28. The van der Waals surface area contributed by atoms with Gasteiger partial charge < -0.3 is 5.11 Å². The number of hydrogen-bond acceptors (Lipinski definition) is 4. The van der Waals surface area contributed by atoms with Crippen molar-refractivity contribution in [2.45, 2.75) is 0 Å². The van der Waals surface area contributed by atoms with Crippen LogP contribution in [0.15, 0.2) is 28.2 Å². The predicted octanol–water partition coefficient (Wildman–Crippen LogP) is 2.67. The first-order valence-electron chi connectivity index (χ1n) is 3.54. The summed E-state index contributed by atoms with van der Waals surface area (Å²) >= 11 is 4.66. The van der Waals surface area contributed by atoms with Crippen LogP contribution >= 0.6 is 27.3 Å². The van der Waals surface area contributed by atoms with Gasteiger partial charge in [0.25, 0.3) is 0 Å². The van der Waals surface area contributed by atoms with Crippen LogP contribution in [0.25, 0.3) is 10.6 Å². The Morgan fingerprint density at radius 2 is 2.15 bits per heavy atom. The maximum Gasteiger partial charge on any atom is 0.183 e. The van der Waals surface area contributed by atoms with Crippen molar-refractivity contribution in [3.8, 4) is 16.3 Å². The summed E-state index contributed by atoms with van der Waals surface area (Å²) in [5.74, 6) is 0.240. The summed E-state index contributed by atoms with van der Waals surface area (Å²) in [6, 6.07) is 6.94. The van der Waals surface area contributed by atoms with E-state index in [-0.39, 0.29) is 5.75 Å². The van der Waals surface area contributed by atoms with Crippen molar-refractivity contribution in [3.63, 3.8) is 0 Å². The summed E-state index contributed by atoms with van der Waals surface area (Å²) in [6.07, 6.45) is 0. The highest BCUT2D eigenvalue weighted by atomic mass is 79.9. The largest absolute Gasteiger partial charge is 0.508 e. The summed E-state index contributed by atoms with van der Waals surface area (Å²) in [5.41, 5.74) is 0.878. The van der Waals surface area contributed by atoms with Gasteiger partial charge in [0, 0.05) is 5.56 Å². The van der Waals surface area contributed by atoms with E-state index in [2.05, 4.69) is 26.1 Å². The molecule has 1 heterocycles. The van der Waals surface area contributed by atoms with Crippen LogP contribution in [0.1, 0.15) is 0 Å². The number of rotatable bonds is 1. The minimum atomic E-state index is 0.240. The molecule has 0 fully saturated rings. The van der Waals surface area contributed by atoms with Crippen LogP contribution in [0.5, 0.6) is 5.75 Å². The fraction of sp³-hybridized carbons (Fsp3) is 0. The van der Waals surface area contributed by atoms with Crippen molar-refractivity contribution in [1.29, 1.82) is 0 Å². The molecule has 1 N–H and O–H groups in total. The lowest BCUT2D eigenvalue weighted by Gasteiger charge is -1.94. The molecule has 5 heteroatoms. The zero-order chi connectivity index (χ0) is 9.26. The summed E-state index contributed by atoms with van der Waals surface area (Å²) in [7, 11) is 0. The Hall–Kier alpha value is -0.940. The second-order valence-corrected chi connectivity index (χ2v) is 4.66. The van der Waals surface area contributed by atoms with E-state index in [1.165, 1.54) is 11.3 Å². The third kappa shape index (κ3) is 1.87. The number of aromatic nitrogens is 2. The van der Waals surface area contributed by atoms with Crippen LogP contribution in [-0.4, -0.2) is 15.3 Å². The highest BCUT2D eigenvalue weighted by molar-refractivity contribution is 9.11. The highest BCUT2D eigenvalue weighted by Crippen LogP contribution is 2.28. The minimum absolute atomic E-state index is 0.240. The molecule has 13 heavy (non-hydrogen) atoms. The van der Waals surface area contributed by atoms with Crippen molar-refractivity contribution in [2.24, 2.45) is 0 Å². The summed E-state index contributed by atoms with van der Waals surface area (Å²) < 4.78 is 0.742. The maximum atomic E-state index is 9.23. The van der Waals surface area contributed by atoms with E-state index < -0.39 is 0 Å². The molecule has 0 unspecified atom stereocenters. The van der Waals surface area contributed by atoms with Crippen molar-refractivity contribution in [3.05, 3.63) is 28.2 Å². The number of phenolic OH excluding ortho intramolecular Hbond substituents is 1. The highest BCUT2D eigenvalue weighted by Gasteiger charge is 2.04. The molecule has 3 nitrogen and oxygen atoms in total. The molecule has 0 aliphatic rings. The lowest BCUT2D eigenvalue weighted by molar-refractivity contribution is 0.475. The fourth-order valence-corrected chi connectivity index (χ4v) is 2.07. The Morgan fingerprint density at radius 1 is 1.31 bits per heavy atom. The number of phenols is 1. The van der Waals surface area contributed by atoms with Gasteiger partial charge in [-0.3, -0.25) is 0 Å². The van der Waals surface area contributed by atoms with Crippen molar-refractivity contribution in [2.75, 3.05) is 0 Å². The second kappa shape index (κ2) is 3.43. The molecule has 2 aromatic rings. The number of nitrogens with zero attached hydrogens (tertiary/aromatic N) is 2. The molecule has 2 rings (SSSR count). The number of aromatic hydroxyl groups is 1. The van der Waals surface area contributed by atoms with Gasteiger partial charge in [0.05, 0.1) is 0 Å². The van der Waals surface area contributed by atoms with Gasteiger partial charge in [-0.25, -0.2) is 0 Å². The van der Waals surface area contributed by atoms with Crippen LogP contribution in [-0.2, 0) is 0 Å². The molecule has 66 valence electrons. The molecule has 0 bridgehead atoms. The first-order chi connectivity index (χ1) is 6.25. The molecule has 0 saturated carbocycles. The van der Waals surface area contributed by atoms with Gasteiger partial charge in [0.2, 0.25) is 0 Å². The van der Waals surface area contributed by atoms with Crippen LogP contribution in [0.2, 0.25) is 0 Å². The Labute approximate surface area is 87.2 Å². The van der Waals surface area contributed by atoms with E-state index in [4.69, 9.17) is 0 Å². The SMILES string of the molecule is Oc1cccc(-c2nnc(Br)s2)c1. The molecule has 0 aliphatic carbocycles. The van der Waals surface area contributed by atoms with Gasteiger partial charge in [-0.15, -0.1) is 10.2 Å². The smallest absolute Gasteiger partial charge is 0.183 e. The summed E-state index contributed by atoms with van der Waals surface area (Å²) in [5, 5.41) is 17.8. The quantitative estimate of drug-likeness (QED) is 0.854. The van der Waals surface area contributed by atoms with E-state index in [1.54, 1.807) is 18.2 Å². The normalized spacial score (nSPS) is 10.2. The predicted molar refractivity (Wildman–Crippen MR) is 54.7 cm³/mol. The van der Waals surface area contributed by atoms with Crippen LogP contribution in [0, 0.1) is 0 Å². The van der Waals surface area contributed by atoms with Gasteiger partial charge in [-0.1, -0.05) is 23.5 Å². The van der Waals surface area contributed by atoms with E-state index in [0.717, 1.165) is 14.5 Å². The van der Waals surface area contributed by atoms with Crippen LogP contribution < -0.4 is 0 Å². The molecule has 1 aromatic carbocycles. The zero-order valence-electron chi connectivity index (χ0n) is 6.44. The average molecular weight is 257 g/mol. The third-order valence-corrected chi connectivity index (χ3v) is 2.90. The molecular weight excluding hydrogens is 252 g/mol. The third-order valence-electron chi connectivity index (χ3n) is 1.49. The van der Waals surface area contributed by atoms with Gasteiger partial charge in [0.15, 0.2) is 3.92 Å². The average Bonchev–Trinajstić information content (AvgIpc) is 2.52. The number of halogens is 1. The lowest BCUT2D eigenvalue weighted by atomic mass is 10.2. The van der Waals surface area contributed by atoms with Crippen LogP contribution in [0.3, 0.4) is 0 Å². The first-order valence-corrected chi connectivity index (χ1v) is 5.15. The molecule has 0 radical (unpaired) electrons. The topological polar surface area (TPSA) is 46.0 Å². The van der Waals surface area contributed by atoms with Gasteiger partial charge in [0.1, 0.15) is 10.8 Å². The van der Waals surface area contributed by atoms with Crippen LogP contribution in [0.4, 0.5) is 0 Å². The first kappa shape index (κ1) is 8.65.